The van der Waals surface area contributed by atoms with Gasteiger partial charge in [-0.1, -0.05) is 40.5 Å². The maximum absolute atomic E-state index is 11.0. The first-order valence-electron chi connectivity index (χ1n) is 5.89. The number of aromatic nitrogens is 3. The summed E-state index contributed by atoms with van der Waals surface area (Å²) in [5.41, 5.74) is 6.69. The van der Waals surface area contributed by atoms with Gasteiger partial charge in [0.1, 0.15) is 5.69 Å². The standard InChI is InChI=1S/C12H13Cl2N5O/c13-10-3-1-2-8(12(10)14)6-19-7-9(17-18-19)5-16-11(20)4-15/h1-3,7H,4-6,15H2,(H,16,20). The molecule has 0 aliphatic rings. The van der Waals surface area contributed by atoms with Gasteiger partial charge in [-0.25, -0.2) is 4.68 Å². The number of hydrogen-bond acceptors (Lipinski definition) is 4. The molecule has 0 atom stereocenters. The minimum atomic E-state index is -0.238. The van der Waals surface area contributed by atoms with Crippen molar-refractivity contribution in [1.82, 2.24) is 20.3 Å². The van der Waals surface area contributed by atoms with Crippen molar-refractivity contribution >= 4 is 29.1 Å². The first kappa shape index (κ1) is 14.8. The Labute approximate surface area is 125 Å². The van der Waals surface area contributed by atoms with E-state index >= 15 is 0 Å². The van der Waals surface area contributed by atoms with Crippen LogP contribution in [0.4, 0.5) is 0 Å². The summed E-state index contributed by atoms with van der Waals surface area (Å²) < 4.78 is 1.63. The van der Waals surface area contributed by atoms with Crippen LogP contribution in [0.15, 0.2) is 24.4 Å². The highest BCUT2D eigenvalue weighted by Crippen LogP contribution is 2.25. The van der Waals surface area contributed by atoms with Crippen LogP contribution in [0.3, 0.4) is 0 Å². The van der Waals surface area contributed by atoms with Gasteiger partial charge in [0.2, 0.25) is 5.91 Å². The Bertz CT molecular complexity index is 614. The first-order valence-corrected chi connectivity index (χ1v) is 6.64. The molecule has 0 bridgehead atoms. The second-order valence-corrected chi connectivity index (χ2v) is 4.89. The minimum absolute atomic E-state index is 0.0493. The quantitative estimate of drug-likeness (QED) is 0.868. The number of benzene rings is 1. The van der Waals surface area contributed by atoms with E-state index in [4.69, 9.17) is 28.9 Å². The van der Waals surface area contributed by atoms with Gasteiger partial charge < -0.3 is 11.1 Å². The Morgan fingerprint density at radius 1 is 1.40 bits per heavy atom. The predicted octanol–water partition coefficient (Wildman–Crippen LogP) is 1.21. The van der Waals surface area contributed by atoms with E-state index < -0.39 is 0 Å². The van der Waals surface area contributed by atoms with Gasteiger partial charge in [0.25, 0.3) is 0 Å². The summed E-state index contributed by atoms with van der Waals surface area (Å²) in [6.07, 6.45) is 1.73. The second kappa shape index (κ2) is 6.69. The highest BCUT2D eigenvalue weighted by Gasteiger charge is 2.07. The Kier molecular flexibility index (Phi) is 4.94. The fourth-order valence-corrected chi connectivity index (χ4v) is 1.98. The maximum atomic E-state index is 11.0. The number of halogens is 2. The summed E-state index contributed by atoms with van der Waals surface area (Å²) in [7, 11) is 0. The minimum Gasteiger partial charge on any atom is -0.349 e. The average molecular weight is 314 g/mol. The van der Waals surface area contributed by atoms with Gasteiger partial charge in [0, 0.05) is 0 Å². The number of rotatable bonds is 5. The Hall–Kier alpha value is -1.63. The zero-order valence-electron chi connectivity index (χ0n) is 10.5. The van der Waals surface area contributed by atoms with Crippen molar-refractivity contribution in [3.05, 3.63) is 45.7 Å². The third-order valence-corrected chi connectivity index (χ3v) is 3.46. The summed E-state index contributed by atoms with van der Waals surface area (Å²) in [6, 6.07) is 5.41. The molecule has 0 aliphatic carbocycles. The van der Waals surface area contributed by atoms with E-state index in [2.05, 4.69) is 15.6 Å². The lowest BCUT2D eigenvalue weighted by Gasteiger charge is -2.04. The van der Waals surface area contributed by atoms with Gasteiger partial charge in [-0.15, -0.1) is 5.10 Å². The molecule has 0 spiro atoms. The number of nitrogens with two attached hydrogens (primary N) is 1. The second-order valence-electron chi connectivity index (χ2n) is 4.10. The van der Waals surface area contributed by atoms with Crippen molar-refractivity contribution in [1.29, 1.82) is 0 Å². The summed E-state index contributed by atoms with van der Waals surface area (Å²) in [5.74, 6) is -0.238. The SMILES string of the molecule is NCC(=O)NCc1cn(Cc2cccc(Cl)c2Cl)nn1. The van der Waals surface area contributed by atoms with Gasteiger partial charge in [0.05, 0.1) is 35.9 Å². The van der Waals surface area contributed by atoms with Crippen LogP contribution >= 0.6 is 23.2 Å². The van der Waals surface area contributed by atoms with Crippen LogP contribution < -0.4 is 11.1 Å². The van der Waals surface area contributed by atoms with E-state index in [1.165, 1.54) is 0 Å². The number of carbonyl (C=O) groups is 1. The lowest BCUT2D eigenvalue weighted by molar-refractivity contribution is -0.119. The molecule has 0 saturated heterocycles. The molecule has 0 saturated carbocycles. The summed E-state index contributed by atoms with van der Waals surface area (Å²) in [4.78, 5) is 11.0. The van der Waals surface area contributed by atoms with Crippen molar-refractivity contribution in [2.75, 3.05) is 6.54 Å². The number of amides is 1. The number of nitrogens with one attached hydrogen (secondary N) is 1. The molecule has 1 amide bonds. The van der Waals surface area contributed by atoms with Gasteiger partial charge in [0.15, 0.2) is 0 Å². The van der Waals surface area contributed by atoms with Gasteiger partial charge in [-0.3, -0.25) is 4.79 Å². The molecular weight excluding hydrogens is 301 g/mol. The predicted molar refractivity (Wildman–Crippen MR) is 76.5 cm³/mol. The van der Waals surface area contributed by atoms with Gasteiger partial charge in [-0.2, -0.15) is 0 Å². The largest absolute Gasteiger partial charge is 0.349 e. The summed E-state index contributed by atoms with van der Waals surface area (Å²) in [5, 5.41) is 11.5. The monoisotopic (exact) mass is 313 g/mol. The fraction of sp³-hybridized carbons (Fsp3) is 0.250. The number of nitrogens with zero attached hydrogens (tertiary/aromatic N) is 3. The number of carbonyl (C=O) groups excluding carboxylic acids is 1. The summed E-state index contributed by atoms with van der Waals surface area (Å²) >= 11 is 12.1. The van der Waals surface area contributed by atoms with E-state index in [-0.39, 0.29) is 12.5 Å². The van der Waals surface area contributed by atoms with Crippen LogP contribution in [-0.2, 0) is 17.9 Å². The Morgan fingerprint density at radius 2 is 2.20 bits per heavy atom. The first-order chi connectivity index (χ1) is 9.60. The topological polar surface area (TPSA) is 85.8 Å². The van der Waals surface area contributed by atoms with Crippen molar-refractivity contribution in [3.8, 4) is 0 Å². The molecule has 1 aromatic carbocycles. The van der Waals surface area contributed by atoms with E-state index in [0.717, 1.165) is 5.56 Å². The summed E-state index contributed by atoms with van der Waals surface area (Å²) in [6.45, 7) is 0.697. The van der Waals surface area contributed by atoms with Crippen LogP contribution in [0.2, 0.25) is 10.0 Å². The molecule has 8 heteroatoms. The van der Waals surface area contributed by atoms with Crippen LogP contribution in [0, 0.1) is 0 Å². The molecule has 0 unspecified atom stereocenters. The van der Waals surface area contributed by atoms with Gasteiger partial charge in [-0.05, 0) is 11.6 Å². The number of hydrogen-bond donors (Lipinski definition) is 2. The molecule has 0 aliphatic heterocycles. The molecule has 1 aromatic heterocycles. The third-order valence-electron chi connectivity index (χ3n) is 2.60. The lowest BCUT2D eigenvalue weighted by Crippen LogP contribution is -2.29. The molecule has 1 heterocycles. The normalized spacial score (nSPS) is 10.6. The fourth-order valence-electron chi connectivity index (χ4n) is 1.60. The van der Waals surface area contributed by atoms with Crippen molar-refractivity contribution < 1.29 is 4.79 Å². The third kappa shape index (κ3) is 3.69. The van der Waals surface area contributed by atoms with Crippen LogP contribution in [0.1, 0.15) is 11.3 Å². The molecule has 3 N–H and O–H groups in total. The van der Waals surface area contributed by atoms with E-state index in [1.807, 2.05) is 12.1 Å². The molecule has 20 heavy (non-hydrogen) atoms. The smallest absolute Gasteiger partial charge is 0.234 e. The highest BCUT2D eigenvalue weighted by atomic mass is 35.5. The van der Waals surface area contributed by atoms with E-state index in [0.29, 0.717) is 28.8 Å². The zero-order valence-corrected chi connectivity index (χ0v) is 12.0. The molecule has 0 radical (unpaired) electrons. The van der Waals surface area contributed by atoms with Crippen molar-refractivity contribution in [3.63, 3.8) is 0 Å². The maximum Gasteiger partial charge on any atom is 0.234 e. The average Bonchev–Trinajstić information content (AvgIpc) is 2.89. The Morgan fingerprint density at radius 3 is 2.95 bits per heavy atom. The van der Waals surface area contributed by atoms with E-state index in [1.54, 1.807) is 16.9 Å². The van der Waals surface area contributed by atoms with Gasteiger partial charge >= 0.3 is 0 Å². The van der Waals surface area contributed by atoms with Crippen LogP contribution in [0.25, 0.3) is 0 Å². The molecule has 6 nitrogen and oxygen atoms in total. The molecule has 2 rings (SSSR count). The van der Waals surface area contributed by atoms with Crippen LogP contribution in [0.5, 0.6) is 0 Å². The van der Waals surface area contributed by atoms with E-state index in [9.17, 15) is 4.79 Å². The Balaban J connectivity index is 2.02. The lowest BCUT2D eigenvalue weighted by atomic mass is 10.2. The molecule has 106 valence electrons. The van der Waals surface area contributed by atoms with Crippen molar-refractivity contribution in [2.45, 2.75) is 13.1 Å². The molecule has 2 aromatic rings. The molecule has 0 fully saturated rings. The van der Waals surface area contributed by atoms with Crippen molar-refractivity contribution in [2.24, 2.45) is 5.73 Å². The zero-order chi connectivity index (χ0) is 14.5. The van der Waals surface area contributed by atoms with Crippen LogP contribution in [-0.4, -0.2) is 27.4 Å². The molecular formula is C12H13Cl2N5O. The highest BCUT2D eigenvalue weighted by molar-refractivity contribution is 6.42.